The number of benzene rings is 9. The Morgan fingerprint density at radius 3 is 1.62 bits per heavy atom. The van der Waals surface area contributed by atoms with Crippen LogP contribution in [0.3, 0.4) is 0 Å². The van der Waals surface area contributed by atoms with Crippen LogP contribution in [0.2, 0.25) is 0 Å². The summed E-state index contributed by atoms with van der Waals surface area (Å²) in [7, 11) is 60.4. The standard InChI is InChI=1S/C50H24B9NO/c51-40-38(41(52)45(56)46(57)44(40)55)39-42(53)47(58)49(48(59)43(39)54)60(28-14-7-13-27(24-28)30-18-8-12-25-10-1-3-15-29(25)30)35-20-6-5-17-32(35)33-19-9-21-36-37(33)34-23-22-26-11-2-4-16-31(26)50(34)61-36/h1-24H. The maximum Gasteiger partial charge on any atom is 0.143 e. The molecule has 0 atom stereocenters. The van der Waals surface area contributed by atoms with Gasteiger partial charge in [0.15, 0.2) is 0 Å². The maximum atomic E-state index is 7.20. The normalized spacial score (nSPS) is 11.5. The summed E-state index contributed by atoms with van der Waals surface area (Å²) >= 11 is 0. The SMILES string of the molecule is [B]c1c([B])c([B])c(-c2c([B])c([B])c(N(c3cccc(-c4cccc5ccccc45)c3)c3ccccc3-c3cccc4oc5c6ccccc6ccc5c34)c([B])c2[B])c([B])c1[B]. The zero-order valence-corrected chi connectivity index (χ0v) is 32.9. The van der Waals surface area contributed by atoms with Crippen LogP contribution in [0, 0.1) is 0 Å². The smallest absolute Gasteiger partial charge is 0.143 e. The lowest BCUT2D eigenvalue weighted by Crippen LogP contribution is -2.57. The number of nitrogens with zero attached hydrogens (tertiary/aromatic N) is 1. The quantitative estimate of drug-likeness (QED) is 0.242. The minimum atomic E-state index is 0.0384. The Labute approximate surface area is 366 Å². The first-order valence-corrected chi connectivity index (χ1v) is 19.6. The van der Waals surface area contributed by atoms with E-state index in [1.54, 1.807) is 0 Å². The topological polar surface area (TPSA) is 16.4 Å². The van der Waals surface area contributed by atoms with E-state index in [2.05, 4.69) is 78.9 Å². The Morgan fingerprint density at radius 1 is 0.377 bits per heavy atom. The number of para-hydroxylation sites is 1. The van der Waals surface area contributed by atoms with E-state index in [1.807, 2.05) is 71.6 Å². The van der Waals surface area contributed by atoms with Crippen molar-refractivity contribution in [2.24, 2.45) is 0 Å². The third-order valence-electron chi connectivity index (χ3n) is 11.8. The fourth-order valence-electron chi connectivity index (χ4n) is 8.80. The Morgan fingerprint density at radius 2 is 0.902 bits per heavy atom. The van der Waals surface area contributed by atoms with Crippen molar-refractivity contribution in [3.05, 3.63) is 146 Å². The number of fused-ring (bicyclic) bond motifs is 6. The van der Waals surface area contributed by atoms with Gasteiger partial charge < -0.3 is 9.32 Å². The van der Waals surface area contributed by atoms with Gasteiger partial charge in [-0.15, -0.1) is 16.4 Å². The van der Waals surface area contributed by atoms with Gasteiger partial charge in [-0.05, 0) is 74.3 Å². The maximum absolute atomic E-state index is 7.20. The molecule has 0 aliphatic rings. The molecule has 11 heteroatoms. The second-order valence-electron chi connectivity index (χ2n) is 15.2. The van der Waals surface area contributed by atoms with E-state index in [9.17, 15) is 0 Å². The average Bonchev–Trinajstić information content (AvgIpc) is 3.69. The summed E-state index contributed by atoms with van der Waals surface area (Å²) in [6, 6.07) is 49.3. The molecule has 0 saturated carbocycles. The lowest BCUT2D eigenvalue weighted by Gasteiger charge is -2.35. The van der Waals surface area contributed by atoms with Gasteiger partial charge in [0.2, 0.25) is 0 Å². The van der Waals surface area contributed by atoms with E-state index >= 15 is 0 Å². The number of hydrogen-bond acceptors (Lipinski definition) is 2. The fraction of sp³-hybridized carbons (Fsp3) is 0. The van der Waals surface area contributed by atoms with E-state index < -0.39 is 0 Å². The molecule has 0 N–H and O–H groups in total. The van der Waals surface area contributed by atoms with Crippen LogP contribution >= 0.6 is 0 Å². The van der Waals surface area contributed by atoms with Crippen molar-refractivity contribution in [3.8, 4) is 33.4 Å². The molecule has 2 nitrogen and oxygen atoms in total. The number of rotatable bonds is 6. The van der Waals surface area contributed by atoms with Crippen molar-refractivity contribution in [2.75, 3.05) is 4.90 Å². The van der Waals surface area contributed by atoms with Crippen molar-refractivity contribution in [2.45, 2.75) is 0 Å². The van der Waals surface area contributed by atoms with E-state index in [0.29, 0.717) is 5.69 Å². The molecule has 0 aliphatic carbocycles. The molecular weight excluding hydrogens is 728 g/mol. The summed E-state index contributed by atoms with van der Waals surface area (Å²) in [6.45, 7) is 0. The first-order chi connectivity index (χ1) is 29.5. The monoisotopic (exact) mass is 753 g/mol. The van der Waals surface area contributed by atoms with Crippen molar-refractivity contribution in [3.63, 3.8) is 0 Å². The van der Waals surface area contributed by atoms with Crippen LogP contribution in [0.15, 0.2) is 150 Å². The molecule has 61 heavy (non-hydrogen) atoms. The van der Waals surface area contributed by atoms with Gasteiger partial charge in [0.05, 0.1) is 5.69 Å². The van der Waals surface area contributed by atoms with Crippen LogP contribution < -0.4 is 54.1 Å². The van der Waals surface area contributed by atoms with Gasteiger partial charge in [-0.25, -0.2) is 0 Å². The van der Waals surface area contributed by atoms with Crippen LogP contribution in [0.4, 0.5) is 17.1 Å². The minimum absolute atomic E-state index is 0.0384. The summed E-state index contributed by atoms with van der Waals surface area (Å²) in [5.74, 6) is 0. The summed E-state index contributed by atoms with van der Waals surface area (Å²) < 4.78 is 6.63. The molecule has 1 heterocycles. The summed E-state index contributed by atoms with van der Waals surface area (Å²) in [5, 5.41) is 6.28. The van der Waals surface area contributed by atoms with Crippen molar-refractivity contribution >= 4 is 180 Å². The summed E-state index contributed by atoms with van der Waals surface area (Å²) in [4.78, 5) is 2.00. The third-order valence-corrected chi connectivity index (χ3v) is 11.8. The molecule has 9 aromatic carbocycles. The van der Waals surface area contributed by atoms with Gasteiger partial charge in [-0.2, -0.15) is 0 Å². The fourth-order valence-corrected chi connectivity index (χ4v) is 8.80. The summed E-state index contributed by atoms with van der Waals surface area (Å²) in [6.07, 6.45) is 0. The van der Waals surface area contributed by atoms with Crippen LogP contribution in [-0.2, 0) is 0 Å². The highest BCUT2D eigenvalue weighted by atomic mass is 16.3. The van der Waals surface area contributed by atoms with Crippen molar-refractivity contribution < 1.29 is 4.42 Å². The van der Waals surface area contributed by atoms with Crippen LogP contribution in [-0.4, -0.2) is 70.6 Å². The van der Waals surface area contributed by atoms with E-state index in [0.717, 1.165) is 77.1 Å². The Hall–Kier alpha value is -6.32. The highest BCUT2D eigenvalue weighted by Crippen LogP contribution is 2.45. The largest absolute Gasteiger partial charge is 0.455 e. The zero-order chi connectivity index (χ0) is 42.3. The molecule has 0 amide bonds. The molecule has 0 saturated heterocycles. The lowest BCUT2D eigenvalue weighted by molar-refractivity contribution is 0.673. The van der Waals surface area contributed by atoms with Crippen LogP contribution in [0.1, 0.15) is 0 Å². The first kappa shape index (κ1) is 38.9. The molecule has 262 valence electrons. The Balaban J connectivity index is 1.27. The van der Waals surface area contributed by atoms with Gasteiger partial charge in [-0.3, -0.25) is 0 Å². The molecule has 0 fully saturated rings. The molecule has 10 aromatic rings. The number of furan rings is 1. The van der Waals surface area contributed by atoms with E-state index in [1.165, 1.54) is 0 Å². The highest BCUT2D eigenvalue weighted by Gasteiger charge is 2.27. The van der Waals surface area contributed by atoms with Gasteiger partial charge in [0, 0.05) is 33.1 Å². The van der Waals surface area contributed by atoms with E-state index in [-0.39, 0.29) is 60.3 Å². The average molecular weight is 752 g/mol. The van der Waals surface area contributed by atoms with Crippen LogP contribution in [0.5, 0.6) is 0 Å². The molecule has 0 unspecified atom stereocenters. The lowest BCUT2D eigenvalue weighted by atomic mass is 9.56. The molecule has 1 aromatic heterocycles. The van der Waals surface area contributed by atoms with Gasteiger partial charge in [-0.1, -0.05) is 148 Å². The highest BCUT2D eigenvalue weighted by molar-refractivity contribution is 6.71. The van der Waals surface area contributed by atoms with Crippen LogP contribution in [0.25, 0.3) is 76.9 Å². The van der Waals surface area contributed by atoms with Crippen molar-refractivity contribution in [1.29, 1.82) is 0 Å². The predicted octanol–water partition coefficient (Wildman–Crippen LogP) is 3.51. The van der Waals surface area contributed by atoms with E-state index in [4.69, 9.17) is 75.0 Å². The second-order valence-corrected chi connectivity index (χ2v) is 15.2. The molecule has 0 bridgehead atoms. The Kier molecular flexibility index (Phi) is 9.55. The Bertz CT molecular complexity index is 3390. The number of anilines is 3. The molecule has 0 spiro atoms. The third kappa shape index (κ3) is 6.07. The molecule has 0 aliphatic heterocycles. The first-order valence-electron chi connectivity index (χ1n) is 19.6. The molecule has 10 rings (SSSR count). The minimum Gasteiger partial charge on any atom is -0.455 e. The van der Waals surface area contributed by atoms with Crippen molar-refractivity contribution in [1.82, 2.24) is 0 Å². The molecule has 18 radical (unpaired) electrons. The predicted molar refractivity (Wildman–Crippen MR) is 268 cm³/mol. The van der Waals surface area contributed by atoms with Gasteiger partial charge >= 0.3 is 0 Å². The second kappa shape index (κ2) is 15.0. The molecular formula is C50H24B9NO. The van der Waals surface area contributed by atoms with Gasteiger partial charge in [0.25, 0.3) is 0 Å². The summed E-state index contributed by atoms with van der Waals surface area (Å²) in [5.41, 5.74) is 8.22. The zero-order valence-electron chi connectivity index (χ0n) is 32.9. The van der Waals surface area contributed by atoms with Gasteiger partial charge in [0.1, 0.15) is 81.8 Å². The number of hydrogen-bond donors (Lipinski definition) is 0.